The van der Waals surface area contributed by atoms with Crippen LogP contribution in [-0.2, 0) is 26.2 Å². The van der Waals surface area contributed by atoms with Crippen LogP contribution in [0, 0.1) is 12.8 Å². The standard InChI is InChI=1S/C21H25NO5S/c1-14-9-11-18(12-10-14)28(25,26)22-16(3)15(2)20(23)19(22)21(24)27-13-17-7-5-4-6-8-17/h4-12,15-16,19-20,23H,13H2,1-3H3. The van der Waals surface area contributed by atoms with E-state index in [2.05, 4.69) is 0 Å². The Balaban J connectivity index is 1.89. The van der Waals surface area contributed by atoms with Crippen molar-refractivity contribution >= 4 is 16.0 Å². The Morgan fingerprint density at radius 2 is 1.68 bits per heavy atom. The van der Waals surface area contributed by atoms with Gasteiger partial charge in [-0.05, 0) is 31.5 Å². The summed E-state index contributed by atoms with van der Waals surface area (Å²) in [4.78, 5) is 12.9. The quantitative estimate of drug-likeness (QED) is 0.776. The van der Waals surface area contributed by atoms with E-state index >= 15 is 0 Å². The highest BCUT2D eigenvalue weighted by atomic mass is 32.2. The molecule has 1 aliphatic rings. The van der Waals surface area contributed by atoms with Crippen molar-refractivity contribution in [2.75, 3.05) is 0 Å². The molecule has 4 atom stereocenters. The zero-order chi connectivity index (χ0) is 20.5. The smallest absolute Gasteiger partial charge is 0.327 e. The molecule has 28 heavy (non-hydrogen) atoms. The molecule has 2 aromatic carbocycles. The predicted molar refractivity (Wildman–Crippen MR) is 105 cm³/mol. The fourth-order valence-corrected chi connectivity index (χ4v) is 5.33. The molecule has 1 saturated heterocycles. The van der Waals surface area contributed by atoms with Gasteiger partial charge in [0, 0.05) is 12.0 Å². The molecule has 7 heteroatoms. The summed E-state index contributed by atoms with van der Waals surface area (Å²) in [5, 5.41) is 10.6. The molecule has 6 nitrogen and oxygen atoms in total. The van der Waals surface area contributed by atoms with Crippen LogP contribution in [-0.4, -0.2) is 42.0 Å². The topological polar surface area (TPSA) is 83.9 Å². The third kappa shape index (κ3) is 3.83. The summed E-state index contributed by atoms with van der Waals surface area (Å²) in [6.07, 6.45) is -1.14. The molecule has 0 spiro atoms. The van der Waals surface area contributed by atoms with Gasteiger partial charge in [0.2, 0.25) is 10.0 Å². The number of esters is 1. The highest BCUT2D eigenvalue weighted by molar-refractivity contribution is 7.89. The number of ether oxygens (including phenoxy) is 1. The van der Waals surface area contributed by atoms with Crippen molar-refractivity contribution in [1.82, 2.24) is 4.31 Å². The molecule has 0 bridgehead atoms. The van der Waals surface area contributed by atoms with Crippen LogP contribution >= 0.6 is 0 Å². The van der Waals surface area contributed by atoms with Crippen molar-refractivity contribution in [3.63, 3.8) is 0 Å². The number of hydrogen-bond acceptors (Lipinski definition) is 5. The molecular weight excluding hydrogens is 378 g/mol. The fourth-order valence-electron chi connectivity index (χ4n) is 3.47. The van der Waals surface area contributed by atoms with Gasteiger partial charge in [-0.2, -0.15) is 4.31 Å². The average molecular weight is 404 g/mol. The number of carbonyl (C=O) groups excluding carboxylic acids is 1. The Labute approximate surface area is 165 Å². The van der Waals surface area contributed by atoms with E-state index in [4.69, 9.17) is 4.74 Å². The van der Waals surface area contributed by atoms with E-state index in [1.54, 1.807) is 26.0 Å². The summed E-state index contributed by atoms with van der Waals surface area (Å²) in [6.45, 7) is 5.32. The number of carbonyl (C=O) groups is 1. The first kappa shape index (κ1) is 20.5. The van der Waals surface area contributed by atoms with Gasteiger partial charge in [0.1, 0.15) is 12.6 Å². The van der Waals surface area contributed by atoms with E-state index in [-0.39, 0.29) is 11.5 Å². The van der Waals surface area contributed by atoms with Crippen molar-refractivity contribution < 1.29 is 23.1 Å². The van der Waals surface area contributed by atoms with E-state index in [1.165, 1.54) is 12.1 Å². The maximum Gasteiger partial charge on any atom is 0.327 e. The lowest BCUT2D eigenvalue weighted by molar-refractivity contribution is -0.151. The van der Waals surface area contributed by atoms with Crippen LogP contribution in [0.1, 0.15) is 25.0 Å². The monoisotopic (exact) mass is 403 g/mol. The van der Waals surface area contributed by atoms with Crippen LogP contribution < -0.4 is 0 Å². The number of aryl methyl sites for hydroxylation is 1. The number of hydrogen-bond donors (Lipinski definition) is 1. The van der Waals surface area contributed by atoms with Crippen molar-refractivity contribution in [2.45, 2.75) is 50.5 Å². The second-order valence-electron chi connectivity index (χ2n) is 7.28. The minimum absolute atomic E-state index is 0.0179. The zero-order valence-electron chi connectivity index (χ0n) is 16.1. The van der Waals surface area contributed by atoms with Crippen LogP contribution in [0.25, 0.3) is 0 Å². The van der Waals surface area contributed by atoms with Gasteiger partial charge < -0.3 is 9.84 Å². The molecule has 0 aliphatic carbocycles. The lowest BCUT2D eigenvalue weighted by Crippen LogP contribution is -2.47. The molecule has 3 rings (SSSR count). The van der Waals surface area contributed by atoms with Gasteiger partial charge in [-0.25, -0.2) is 8.42 Å². The van der Waals surface area contributed by atoms with Crippen LogP contribution in [0.2, 0.25) is 0 Å². The number of aliphatic hydroxyl groups excluding tert-OH is 1. The van der Waals surface area contributed by atoms with Crippen LogP contribution in [0.3, 0.4) is 0 Å². The lowest BCUT2D eigenvalue weighted by Gasteiger charge is -2.27. The van der Waals surface area contributed by atoms with E-state index < -0.39 is 40.1 Å². The Kier molecular flexibility index (Phi) is 5.88. The molecule has 1 N–H and O–H groups in total. The largest absolute Gasteiger partial charge is 0.460 e. The molecular formula is C21H25NO5S. The molecule has 0 saturated carbocycles. The van der Waals surface area contributed by atoms with E-state index in [0.717, 1.165) is 15.4 Å². The predicted octanol–water partition coefficient (Wildman–Crippen LogP) is 2.50. The van der Waals surface area contributed by atoms with Crippen LogP contribution in [0.4, 0.5) is 0 Å². The van der Waals surface area contributed by atoms with Gasteiger partial charge >= 0.3 is 5.97 Å². The maximum absolute atomic E-state index is 13.2. The van der Waals surface area contributed by atoms with Gasteiger partial charge in [0.25, 0.3) is 0 Å². The molecule has 150 valence electrons. The molecule has 1 aliphatic heterocycles. The number of nitrogens with zero attached hydrogens (tertiary/aromatic N) is 1. The molecule has 1 fully saturated rings. The first-order valence-corrected chi connectivity index (χ1v) is 10.7. The number of aliphatic hydroxyl groups is 1. The van der Waals surface area contributed by atoms with E-state index in [0.29, 0.717) is 0 Å². The van der Waals surface area contributed by atoms with Gasteiger partial charge in [-0.15, -0.1) is 0 Å². The summed E-state index contributed by atoms with van der Waals surface area (Å²) < 4.78 is 32.9. The summed E-state index contributed by atoms with van der Waals surface area (Å²) in [5.41, 5.74) is 1.72. The summed E-state index contributed by atoms with van der Waals surface area (Å²) in [7, 11) is -3.98. The lowest BCUT2D eigenvalue weighted by atomic mass is 9.99. The zero-order valence-corrected chi connectivity index (χ0v) is 17.0. The average Bonchev–Trinajstić information content (AvgIpc) is 2.92. The summed E-state index contributed by atoms with van der Waals surface area (Å²) in [6, 6.07) is 13.7. The number of sulfonamides is 1. The van der Waals surface area contributed by atoms with Crippen molar-refractivity contribution in [3.05, 3.63) is 65.7 Å². The maximum atomic E-state index is 13.2. The second kappa shape index (κ2) is 8.03. The summed E-state index contributed by atoms with van der Waals surface area (Å²) >= 11 is 0. The molecule has 2 aromatic rings. The normalized spacial score (nSPS) is 25.6. The number of benzene rings is 2. The fraction of sp³-hybridized carbons (Fsp3) is 0.381. The van der Waals surface area contributed by atoms with Crippen molar-refractivity contribution in [3.8, 4) is 0 Å². The second-order valence-corrected chi connectivity index (χ2v) is 9.12. The third-order valence-electron chi connectivity index (χ3n) is 5.36. The Morgan fingerprint density at radius 1 is 1.07 bits per heavy atom. The summed E-state index contributed by atoms with van der Waals surface area (Å²) in [5.74, 6) is -1.15. The molecule has 4 unspecified atom stereocenters. The molecule has 1 heterocycles. The molecule has 0 radical (unpaired) electrons. The van der Waals surface area contributed by atoms with Crippen LogP contribution in [0.5, 0.6) is 0 Å². The van der Waals surface area contributed by atoms with Crippen molar-refractivity contribution in [2.24, 2.45) is 5.92 Å². The van der Waals surface area contributed by atoms with Crippen LogP contribution in [0.15, 0.2) is 59.5 Å². The Hall–Kier alpha value is -2.22. The van der Waals surface area contributed by atoms with Gasteiger partial charge in [0.05, 0.1) is 11.0 Å². The van der Waals surface area contributed by atoms with Gasteiger partial charge in [-0.1, -0.05) is 55.0 Å². The SMILES string of the molecule is Cc1ccc(S(=O)(=O)N2C(C)C(C)C(O)C2C(=O)OCc2ccccc2)cc1. The first-order valence-electron chi connectivity index (χ1n) is 9.22. The molecule has 0 amide bonds. The molecule has 0 aromatic heterocycles. The highest BCUT2D eigenvalue weighted by Crippen LogP contribution is 2.36. The third-order valence-corrected chi connectivity index (χ3v) is 7.34. The van der Waals surface area contributed by atoms with Gasteiger partial charge in [-0.3, -0.25) is 4.79 Å². The van der Waals surface area contributed by atoms with E-state index in [1.807, 2.05) is 37.3 Å². The van der Waals surface area contributed by atoms with Gasteiger partial charge in [0.15, 0.2) is 0 Å². The van der Waals surface area contributed by atoms with Crippen molar-refractivity contribution in [1.29, 1.82) is 0 Å². The first-order chi connectivity index (χ1) is 13.2. The Bertz CT molecular complexity index is 927. The van der Waals surface area contributed by atoms with E-state index in [9.17, 15) is 18.3 Å². The minimum Gasteiger partial charge on any atom is -0.460 e. The Morgan fingerprint density at radius 3 is 2.29 bits per heavy atom. The minimum atomic E-state index is -3.98. The highest BCUT2D eigenvalue weighted by Gasteiger charge is 2.53. The number of rotatable bonds is 5.